The highest BCUT2D eigenvalue weighted by Crippen LogP contribution is 2.10. The molecule has 1 aliphatic heterocycles. The minimum atomic E-state index is -0.130. The summed E-state index contributed by atoms with van der Waals surface area (Å²) in [5, 5.41) is 8.43. The summed E-state index contributed by atoms with van der Waals surface area (Å²) in [6.07, 6.45) is 0.691. The van der Waals surface area contributed by atoms with Crippen molar-refractivity contribution < 1.29 is 9.31 Å². The minimum Gasteiger partial charge on any atom is -0.409 e. The van der Waals surface area contributed by atoms with Crippen molar-refractivity contribution in [3.8, 4) is 6.07 Å². The molecule has 1 aliphatic rings. The quantitative estimate of drug-likeness (QED) is 0.528. The van der Waals surface area contributed by atoms with Gasteiger partial charge >= 0.3 is 7.12 Å². The zero-order valence-electron chi connectivity index (χ0n) is 6.04. The smallest absolute Gasteiger partial charge is 0.409 e. The van der Waals surface area contributed by atoms with Gasteiger partial charge in [-0.25, -0.2) is 0 Å². The molecule has 0 aromatic carbocycles. The molecule has 1 unspecified atom stereocenters. The fraction of sp³-hybridized carbons (Fsp3) is 0.833. The third-order valence-electron chi connectivity index (χ3n) is 1.46. The minimum absolute atomic E-state index is 0.0306. The lowest BCUT2D eigenvalue weighted by atomic mass is 9.79. The number of nitriles is 1. The molecule has 0 amide bonds. The van der Waals surface area contributed by atoms with E-state index in [4.69, 9.17) is 14.6 Å². The van der Waals surface area contributed by atoms with Crippen LogP contribution in [-0.4, -0.2) is 20.3 Å². The van der Waals surface area contributed by atoms with E-state index in [1.165, 1.54) is 0 Å². The molecule has 0 aliphatic carbocycles. The second-order valence-electron chi connectivity index (χ2n) is 2.44. The molecule has 10 heavy (non-hydrogen) atoms. The van der Waals surface area contributed by atoms with Crippen molar-refractivity contribution in [1.29, 1.82) is 5.26 Å². The number of nitrogens with zero attached hydrogens (tertiary/aromatic N) is 1. The van der Waals surface area contributed by atoms with Gasteiger partial charge in [-0.05, 0) is 13.2 Å². The van der Waals surface area contributed by atoms with Crippen molar-refractivity contribution in [3.05, 3.63) is 0 Å². The lowest BCUT2D eigenvalue weighted by Crippen LogP contribution is -2.16. The van der Waals surface area contributed by atoms with Gasteiger partial charge < -0.3 is 9.31 Å². The Kier molecular flexibility index (Phi) is 2.73. The molecule has 1 atom stereocenters. The first-order chi connectivity index (χ1) is 4.83. The molecule has 3 nitrogen and oxygen atoms in total. The second-order valence-corrected chi connectivity index (χ2v) is 2.44. The lowest BCUT2D eigenvalue weighted by molar-refractivity contribution is 0.365. The van der Waals surface area contributed by atoms with Crippen LogP contribution in [0.3, 0.4) is 0 Å². The van der Waals surface area contributed by atoms with Crippen molar-refractivity contribution >= 4 is 7.12 Å². The van der Waals surface area contributed by atoms with Crippen LogP contribution in [0.4, 0.5) is 0 Å². The molecule has 0 aromatic heterocycles. The Morgan fingerprint density at radius 3 is 2.70 bits per heavy atom. The van der Waals surface area contributed by atoms with E-state index in [1.54, 1.807) is 0 Å². The molecule has 1 rings (SSSR count). The Hall–Kier alpha value is -0.525. The average Bonchev–Trinajstić information content (AvgIpc) is 2.40. The maximum absolute atomic E-state index is 8.43. The molecule has 1 fully saturated rings. The van der Waals surface area contributed by atoms with Gasteiger partial charge in [-0.15, -0.1) is 0 Å². The Bertz CT molecular complexity index is 139. The molecule has 0 spiro atoms. The fourth-order valence-corrected chi connectivity index (χ4v) is 0.885. The number of hydrogen-bond donors (Lipinski definition) is 0. The van der Waals surface area contributed by atoms with Gasteiger partial charge in [0.15, 0.2) is 0 Å². The molecule has 1 saturated heterocycles. The Labute approximate surface area is 61.1 Å². The zero-order valence-corrected chi connectivity index (χ0v) is 6.04. The third-order valence-corrected chi connectivity index (χ3v) is 1.46. The maximum Gasteiger partial charge on any atom is 0.458 e. The van der Waals surface area contributed by atoms with Crippen molar-refractivity contribution in [1.82, 2.24) is 0 Å². The molecule has 0 N–H and O–H groups in total. The van der Waals surface area contributed by atoms with Gasteiger partial charge in [0, 0.05) is 5.92 Å². The standard InChI is InChI=1S/C6H10BNO2/c1-6(5-8)4-7-9-2-3-10-7/h6H,2-4H2,1H3. The summed E-state index contributed by atoms with van der Waals surface area (Å²) < 4.78 is 10.3. The number of hydrogen-bond acceptors (Lipinski definition) is 3. The highest BCUT2D eigenvalue weighted by molar-refractivity contribution is 6.45. The molecule has 0 aromatic rings. The average molecular weight is 139 g/mol. The van der Waals surface area contributed by atoms with Crippen molar-refractivity contribution in [2.45, 2.75) is 13.2 Å². The summed E-state index contributed by atoms with van der Waals surface area (Å²) in [7, 11) is -0.130. The van der Waals surface area contributed by atoms with E-state index < -0.39 is 0 Å². The zero-order chi connectivity index (χ0) is 7.40. The van der Waals surface area contributed by atoms with Crippen molar-refractivity contribution in [3.63, 3.8) is 0 Å². The fourth-order valence-electron chi connectivity index (χ4n) is 0.885. The van der Waals surface area contributed by atoms with E-state index in [9.17, 15) is 0 Å². The summed E-state index contributed by atoms with van der Waals surface area (Å²) in [4.78, 5) is 0. The van der Waals surface area contributed by atoms with Crippen LogP contribution in [0.2, 0.25) is 6.32 Å². The van der Waals surface area contributed by atoms with Gasteiger partial charge in [0.05, 0.1) is 19.3 Å². The van der Waals surface area contributed by atoms with Crippen LogP contribution in [0.15, 0.2) is 0 Å². The summed E-state index contributed by atoms with van der Waals surface area (Å²) in [6, 6.07) is 2.13. The summed E-state index contributed by atoms with van der Waals surface area (Å²) in [5.74, 6) is 0.0306. The molecule has 0 saturated carbocycles. The van der Waals surface area contributed by atoms with Crippen molar-refractivity contribution in [2.24, 2.45) is 5.92 Å². The Balaban J connectivity index is 2.19. The van der Waals surface area contributed by atoms with Crippen LogP contribution < -0.4 is 0 Å². The van der Waals surface area contributed by atoms with Gasteiger partial charge in [0.2, 0.25) is 0 Å². The lowest BCUT2D eigenvalue weighted by Gasteiger charge is -2.03. The topological polar surface area (TPSA) is 42.2 Å². The highest BCUT2D eigenvalue weighted by Gasteiger charge is 2.25. The van der Waals surface area contributed by atoms with Crippen LogP contribution in [0.5, 0.6) is 0 Å². The normalized spacial score (nSPS) is 20.6. The van der Waals surface area contributed by atoms with E-state index in [2.05, 4.69) is 6.07 Å². The molecular weight excluding hydrogens is 129 g/mol. The van der Waals surface area contributed by atoms with E-state index in [1.807, 2.05) is 6.92 Å². The van der Waals surface area contributed by atoms with Crippen LogP contribution in [0, 0.1) is 17.2 Å². The Morgan fingerprint density at radius 2 is 2.20 bits per heavy atom. The highest BCUT2D eigenvalue weighted by atomic mass is 16.6. The molecule has 54 valence electrons. The number of rotatable bonds is 2. The molecule has 0 bridgehead atoms. The van der Waals surface area contributed by atoms with Crippen LogP contribution >= 0.6 is 0 Å². The SMILES string of the molecule is CC(C#N)CB1OCCO1. The summed E-state index contributed by atoms with van der Waals surface area (Å²) in [6.45, 7) is 3.21. The van der Waals surface area contributed by atoms with Gasteiger partial charge in [-0.1, -0.05) is 0 Å². The second kappa shape index (κ2) is 3.60. The van der Waals surface area contributed by atoms with E-state index in [-0.39, 0.29) is 13.0 Å². The van der Waals surface area contributed by atoms with Gasteiger partial charge in [-0.3, -0.25) is 0 Å². The van der Waals surface area contributed by atoms with Crippen LogP contribution in [0.1, 0.15) is 6.92 Å². The first kappa shape index (κ1) is 7.58. The van der Waals surface area contributed by atoms with Crippen LogP contribution in [0.25, 0.3) is 0 Å². The van der Waals surface area contributed by atoms with Gasteiger partial charge in [0.1, 0.15) is 0 Å². The first-order valence-electron chi connectivity index (χ1n) is 3.45. The molecule has 0 radical (unpaired) electrons. The van der Waals surface area contributed by atoms with E-state index in [0.717, 1.165) is 0 Å². The maximum atomic E-state index is 8.43. The largest absolute Gasteiger partial charge is 0.458 e. The van der Waals surface area contributed by atoms with Gasteiger partial charge in [0.25, 0.3) is 0 Å². The van der Waals surface area contributed by atoms with Crippen molar-refractivity contribution in [2.75, 3.05) is 13.2 Å². The predicted octanol–water partition coefficient (Wildman–Crippen LogP) is 0.681. The Morgan fingerprint density at radius 1 is 1.60 bits per heavy atom. The summed E-state index contributed by atoms with van der Waals surface area (Å²) in [5.41, 5.74) is 0. The first-order valence-corrected chi connectivity index (χ1v) is 3.45. The predicted molar refractivity (Wildman–Crippen MR) is 37.2 cm³/mol. The molecular formula is C6H10BNO2. The van der Waals surface area contributed by atoms with E-state index in [0.29, 0.717) is 19.5 Å². The molecule has 1 heterocycles. The third kappa shape index (κ3) is 2.01. The van der Waals surface area contributed by atoms with Crippen LogP contribution in [-0.2, 0) is 9.31 Å². The summed E-state index contributed by atoms with van der Waals surface area (Å²) >= 11 is 0. The molecule has 4 heteroatoms. The van der Waals surface area contributed by atoms with E-state index >= 15 is 0 Å². The monoisotopic (exact) mass is 139 g/mol. The van der Waals surface area contributed by atoms with Gasteiger partial charge in [-0.2, -0.15) is 5.26 Å².